The van der Waals surface area contributed by atoms with Gasteiger partial charge in [0.15, 0.2) is 5.78 Å². The number of hydrogen-bond acceptors (Lipinski definition) is 6. The Bertz CT molecular complexity index is 1160. The number of aliphatic hydroxyl groups excluding tert-OH is 2. The van der Waals surface area contributed by atoms with Crippen LogP contribution in [0.3, 0.4) is 0 Å². The number of H-pyrrole nitrogens is 1. The third kappa shape index (κ3) is 4.88. The topological polar surface area (TPSA) is 116 Å². The highest BCUT2D eigenvalue weighted by molar-refractivity contribution is 6.04. The maximum absolute atomic E-state index is 13.4. The quantitative estimate of drug-likeness (QED) is 0.448. The monoisotopic (exact) mass is 463 g/mol. The lowest BCUT2D eigenvalue weighted by atomic mass is 9.83. The van der Waals surface area contributed by atoms with Gasteiger partial charge in [0.1, 0.15) is 12.4 Å². The highest BCUT2D eigenvalue weighted by atomic mass is 16.5. The van der Waals surface area contributed by atoms with Crippen LogP contribution in [0.1, 0.15) is 33.6 Å². The second-order valence-electron chi connectivity index (χ2n) is 8.45. The summed E-state index contributed by atoms with van der Waals surface area (Å²) in [5, 5.41) is 18.4. The third-order valence-electron chi connectivity index (χ3n) is 6.13. The van der Waals surface area contributed by atoms with E-state index in [2.05, 4.69) is 9.97 Å². The highest BCUT2D eigenvalue weighted by Crippen LogP contribution is 2.39. The molecule has 1 aromatic carbocycles. The first-order valence-corrected chi connectivity index (χ1v) is 11.4. The Labute approximate surface area is 198 Å². The van der Waals surface area contributed by atoms with Crippen LogP contribution < -0.4 is 4.74 Å². The molecule has 4 rings (SSSR count). The lowest BCUT2D eigenvalue weighted by Gasteiger charge is -2.26. The number of nitrogens with zero attached hydrogens (tertiary/aromatic N) is 2. The zero-order chi connectivity index (χ0) is 24.1. The van der Waals surface area contributed by atoms with Crippen molar-refractivity contribution in [3.63, 3.8) is 0 Å². The van der Waals surface area contributed by atoms with E-state index in [0.717, 1.165) is 28.1 Å². The van der Waals surface area contributed by atoms with E-state index in [4.69, 9.17) is 4.74 Å². The number of Topliss-reactive ketones (excluding diaryl/α,β-unsaturated/α-hetero) is 1. The van der Waals surface area contributed by atoms with Crippen LogP contribution in [0, 0.1) is 5.92 Å². The smallest absolute Gasteiger partial charge is 0.226 e. The molecular formula is C26H29N3O5. The minimum absolute atomic E-state index is 0.0719. The highest BCUT2D eigenvalue weighted by Gasteiger charge is 2.36. The van der Waals surface area contributed by atoms with Crippen molar-refractivity contribution in [2.75, 3.05) is 33.4 Å². The molecule has 3 aromatic rings. The Balaban J connectivity index is 1.78. The standard InChI is InChI=1S/C26H29N3O5/c1-29(9-10-30)26(33)18-14-21-24(22(32)15-18)20(13-17-5-3-2-4-6-17)25(28-21)19-7-8-27-16-23(19)34-12-11-31/h2-8,16,18,28,30-31H,9-15H2,1H3. The van der Waals surface area contributed by atoms with Crippen molar-refractivity contribution in [3.8, 4) is 17.0 Å². The molecule has 0 radical (unpaired) electrons. The van der Waals surface area contributed by atoms with E-state index in [-0.39, 0.29) is 44.5 Å². The van der Waals surface area contributed by atoms with Crippen LogP contribution in [0.4, 0.5) is 0 Å². The molecule has 1 unspecified atom stereocenters. The van der Waals surface area contributed by atoms with E-state index in [1.165, 1.54) is 4.90 Å². The van der Waals surface area contributed by atoms with Gasteiger partial charge in [-0.15, -0.1) is 0 Å². The number of hydrogen-bond donors (Lipinski definition) is 3. The van der Waals surface area contributed by atoms with Gasteiger partial charge in [-0.1, -0.05) is 30.3 Å². The Morgan fingerprint density at radius 3 is 2.71 bits per heavy atom. The normalized spacial score (nSPS) is 15.1. The second kappa shape index (κ2) is 10.6. The average molecular weight is 464 g/mol. The summed E-state index contributed by atoms with van der Waals surface area (Å²) in [6, 6.07) is 11.7. The predicted molar refractivity (Wildman–Crippen MR) is 127 cm³/mol. The van der Waals surface area contributed by atoms with Gasteiger partial charge in [-0.2, -0.15) is 0 Å². The molecule has 1 aliphatic carbocycles. The van der Waals surface area contributed by atoms with Crippen LogP contribution in [0.25, 0.3) is 11.3 Å². The molecule has 0 spiro atoms. The second-order valence-corrected chi connectivity index (χ2v) is 8.45. The lowest BCUT2D eigenvalue weighted by molar-refractivity contribution is -0.134. The largest absolute Gasteiger partial charge is 0.489 e. The Kier molecular flexibility index (Phi) is 7.40. The maximum Gasteiger partial charge on any atom is 0.226 e. The number of fused-ring (bicyclic) bond motifs is 1. The summed E-state index contributed by atoms with van der Waals surface area (Å²) < 4.78 is 5.72. The van der Waals surface area contributed by atoms with Crippen LogP contribution in [-0.4, -0.2) is 70.2 Å². The van der Waals surface area contributed by atoms with E-state index in [0.29, 0.717) is 24.2 Å². The molecular weight excluding hydrogens is 434 g/mol. The molecule has 2 aromatic heterocycles. The van der Waals surface area contributed by atoms with Crippen molar-refractivity contribution in [2.45, 2.75) is 19.3 Å². The van der Waals surface area contributed by atoms with Crippen molar-refractivity contribution in [3.05, 3.63) is 71.2 Å². The minimum atomic E-state index is -0.477. The van der Waals surface area contributed by atoms with Crippen molar-refractivity contribution in [1.29, 1.82) is 0 Å². The summed E-state index contributed by atoms with van der Waals surface area (Å²) >= 11 is 0. The molecule has 34 heavy (non-hydrogen) atoms. The van der Waals surface area contributed by atoms with Gasteiger partial charge in [-0.25, -0.2) is 0 Å². The van der Waals surface area contributed by atoms with Crippen LogP contribution in [0.2, 0.25) is 0 Å². The number of carbonyl (C=O) groups is 2. The Morgan fingerprint density at radius 1 is 1.18 bits per heavy atom. The van der Waals surface area contributed by atoms with Crippen molar-refractivity contribution >= 4 is 11.7 Å². The fourth-order valence-corrected chi connectivity index (χ4v) is 4.54. The summed E-state index contributed by atoms with van der Waals surface area (Å²) in [5.74, 6) is -0.190. The molecule has 0 saturated heterocycles. The fraction of sp³-hybridized carbons (Fsp3) is 0.346. The van der Waals surface area contributed by atoms with Gasteiger partial charge in [0.25, 0.3) is 0 Å². The number of ketones is 1. The number of pyridine rings is 1. The van der Waals surface area contributed by atoms with Crippen molar-refractivity contribution < 1.29 is 24.5 Å². The van der Waals surface area contributed by atoms with Gasteiger partial charge in [-0.3, -0.25) is 14.6 Å². The molecule has 0 aliphatic heterocycles. The lowest BCUT2D eigenvalue weighted by Crippen LogP contribution is -2.38. The fourth-order valence-electron chi connectivity index (χ4n) is 4.54. The molecule has 178 valence electrons. The SMILES string of the molecule is CN(CCO)C(=O)C1CC(=O)c2c([nH]c(-c3ccncc3OCCO)c2Cc2ccccc2)C1. The van der Waals surface area contributed by atoms with Crippen LogP contribution in [0.15, 0.2) is 48.8 Å². The average Bonchev–Trinajstić information content (AvgIpc) is 3.21. The number of rotatable bonds is 9. The first-order valence-electron chi connectivity index (χ1n) is 11.4. The number of benzene rings is 1. The summed E-state index contributed by atoms with van der Waals surface area (Å²) in [4.78, 5) is 35.3. The van der Waals surface area contributed by atoms with Gasteiger partial charge < -0.3 is 24.8 Å². The zero-order valence-electron chi connectivity index (χ0n) is 19.2. The number of amides is 1. The number of carbonyl (C=O) groups excluding carboxylic acids is 2. The molecule has 2 heterocycles. The maximum atomic E-state index is 13.4. The van der Waals surface area contributed by atoms with Gasteiger partial charge in [0.2, 0.25) is 5.91 Å². The Morgan fingerprint density at radius 2 is 1.97 bits per heavy atom. The third-order valence-corrected chi connectivity index (χ3v) is 6.13. The van der Waals surface area contributed by atoms with Crippen molar-refractivity contribution in [2.24, 2.45) is 5.92 Å². The van der Waals surface area contributed by atoms with E-state index in [1.54, 1.807) is 19.4 Å². The molecule has 8 heteroatoms. The van der Waals surface area contributed by atoms with E-state index < -0.39 is 5.92 Å². The van der Waals surface area contributed by atoms with Crippen molar-refractivity contribution in [1.82, 2.24) is 14.9 Å². The molecule has 8 nitrogen and oxygen atoms in total. The van der Waals surface area contributed by atoms with Gasteiger partial charge in [-0.05, 0) is 17.2 Å². The minimum Gasteiger partial charge on any atom is -0.489 e. The number of aromatic nitrogens is 2. The summed E-state index contributed by atoms with van der Waals surface area (Å²) in [5.41, 5.74) is 4.80. The van der Waals surface area contributed by atoms with E-state index in [9.17, 15) is 19.8 Å². The summed E-state index contributed by atoms with van der Waals surface area (Å²) in [7, 11) is 1.64. The first-order chi connectivity index (χ1) is 16.5. The molecule has 1 atom stereocenters. The molecule has 3 N–H and O–H groups in total. The number of ether oxygens (including phenoxy) is 1. The van der Waals surface area contributed by atoms with E-state index >= 15 is 0 Å². The number of aliphatic hydroxyl groups is 2. The van der Waals surface area contributed by atoms with Crippen LogP contribution in [-0.2, 0) is 17.6 Å². The molecule has 0 bridgehead atoms. The predicted octanol–water partition coefficient (Wildman–Crippen LogP) is 2.23. The van der Waals surface area contributed by atoms with Gasteiger partial charge in [0, 0.05) is 55.9 Å². The summed E-state index contributed by atoms with van der Waals surface area (Å²) in [6.45, 7) is 0.102. The Hall–Kier alpha value is -3.49. The van der Waals surface area contributed by atoms with Crippen LogP contribution in [0.5, 0.6) is 5.75 Å². The van der Waals surface area contributed by atoms with Gasteiger partial charge in [0.05, 0.1) is 31.0 Å². The number of aromatic amines is 1. The number of likely N-dealkylation sites (N-methyl/N-ethyl adjacent to an activating group) is 1. The van der Waals surface area contributed by atoms with Gasteiger partial charge >= 0.3 is 0 Å². The summed E-state index contributed by atoms with van der Waals surface area (Å²) in [6.07, 6.45) is 4.33. The first kappa shape index (κ1) is 23.7. The van der Waals surface area contributed by atoms with Crippen LogP contribution >= 0.6 is 0 Å². The molecule has 1 amide bonds. The molecule has 0 fully saturated rings. The zero-order valence-corrected chi connectivity index (χ0v) is 19.2. The molecule has 0 saturated carbocycles. The number of nitrogens with one attached hydrogen (secondary N) is 1. The van der Waals surface area contributed by atoms with E-state index in [1.807, 2.05) is 36.4 Å². The molecule has 1 aliphatic rings.